The van der Waals surface area contributed by atoms with E-state index in [2.05, 4.69) is 16.8 Å². The molecule has 3 rings (SSSR count). The van der Waals surface area contributed by atoms with Crippen LogP contribution in [0.3, 0.4) is 0 Å². The topological polar surface area (TPSA) is 65.9 Å². The smallest absolute Gasteiger partial charge is 0.259 e. The minimum absolute atomic E-state index is 0.0852. The van der Waals surface area contributed by atoms with Gasteiger partial charge in [0.25, 0.3) is 5.91 Å². The SMILES string of the molecule is Cc1ccc(-c2cnc3c(c2)C(=O)N([C@H](C)CO)C[C@H](C)[C@@H](CN(C)C)O3)cc1. The van der Waals surface area contributed by atoms with Gasteiger partial charge in [0, 0.05) is 30.8 Å². The molecule has 0 saturated heterocycles. The number of carbonyl (C=O) groups excluding carboxylic acids is 1. The fourth-order valence-electron chi connectivity index (χ4n) is 3.58. The van der Waals surface area contributed by atoms with Crippen LogP contribution in [0.4, 0.5) is 0 Å². The number of aromatic nitrogens is 1. The molecule has 1 aromatic carbocycles. The van der Waals surface area contributed by atoms with Gasteiger partial charge in [0.15, 0.2) is 0 Å². The highest BCUT2D eigenvalue weighted by molar-refractivity contribution is 5.98. The lowest BCUT2D eigenvalue weighted by Gasteiger charge is -2.37. The van der Waals surface area contributed by atoms with Gasteiger partial charge in [0.05, 0.1) is 12.6 Å². The van der Waals surface area contributed by atoms with Crippen molar-refractivity contribution in [1.29, 1.82) is 0 Å². The van der Waals surface area contributed by atoms with Crippen LogP contribution in [-0.4, -0.2) is 71.7 Å². The molecular weight excluding hydrogens is 366 g/mol. The first-order valence-electron chi connectivity index (χ1n) is 10.1. The molecule has 1 aliphatic heterocycles. The number of aliphatic hydroxyl groups excluding tert-OH is 1. The highest BCUT2D eigenvalue weighted by Crippen LogP contribution is 2.30. The predicted molar refractivity (Wildman–Crippen MR) is 114 cm³/mol. The van der Waals surface area contributed by atoms with Gasteiger partial charge in [-0.2, -0.15) is 0 Å². The second kappa shape index (κ2) is 8.93. The number of benzene rings is 1. The van der Waals surface area contributed by atoms with Gasteiger partial charge in [-0.25, -0.2) is 4.98 Å². The number of pyridine rings is 1. The van der Waals surface area contributed by atoms with E-state index in [1.165, 1.54) is 5.56 Å². The Balaban J connectivity index is 2.06. The molecule has 1 aliphatic rings. The predicted octanol–water partition coefficient (Wildman–Crippen LogP) is 2.84. The number of carbonyl (C=O) groups is 1. The van der Waals surface area contributed by atoms with Gasteiger partial charge in [-0.05, 0) is 39.6 Å². The van der Waals surface area contributed by atoms with E-state index in [1.54, 1.807) is 11.1 Å². The number of aliphatic hydroxyl groups is 1. The standard InChI is InChI=1S/C23H31N3O3/c1-15-6-8-18(9-7-15)19-10-20-22(24-11-19)29-21(13-25(4)5)16(2)12-26(23(20)28)17(3)14-27/h6-11,16-17,21,27H,12-14H2,1-5H3/t16-,17+,21+/m0/s1. The summed E-state index contributed by atoms with van der Waals surface area (Å²) in [7, 11) is 4.01. The van der Waals surface area contributed by atoms with E-state index >= 15 is 0 Å². The van der Waals surface area contributed by atoms with Crippen LogP contribution in [0, 0.1) is 12.8 Å². The lowest BCUT2D eigenvalue weighted by molar-refractivity contribution is 0.0348. The van der Waals surface area contributed by atoms with Crippen molar-refractivity contribution in [1.82, 2.24) is 14.8 Å². The molecule has 0 fully saturated rings. The third-order valence-electron chi connectivity index (χ3n) is 5.45. The second-order valence-electron chi connectivity index (χ2n) is 8.33. The van der Waals surface area contributed by atoms with Crippen molar-refractivity contribution in [3.05, 3.63) is 47.7 Å². The van der Waals surface area contributed by atoms with E-state index in [-0.39, 0.29) is 30.6 Å². The molecule has 2 aromatic rings. The van der Waals surface area contributed by atoms with Crippen LogP contribution in [0.15, 0.2) is 36.5 Å². The first-order chi connectivity index (χ1) is 13.8. The highest BCUT2D eigenvalue weighted by atomic mass is 16.5. The molecule has 29 heavy (non-hydrogen) atoms. The van der Waals surface area contributed by atoms with Crippen molar-refractivity contribution < 1.29 is 14.6 Å². The molecule has 0 radical (unpaired) electrons. The maximum absolute atomic E-state index is 13.4. The van der Waals surface area contributed by atoms with Gasteiger partial charge in [-0.3, -0.25) is 4.79 Å². The van der Waals surface area contributed by atoms with Crippen LogP contribution in [0.25, 0.3) is 11.1 Å². The quantitative estimate of drug-likeness (QED) is 0.840. The molecule has 6 heteroatoms. The minimum atomic E-state index is -0.279. The largest absolute Gasteiger partial charge is 0.472 e. The summed E-state index contributed by atoms with van der Waals surface area (Å²) in [5.74, 6) is 0.305. The fraction of sp³-hybridized carbons (Fsp3) is 0.478. The molecule has 0 bridgehead atoms. The van der Waals surface area contributed by atoms with Gasteiger partial charge in [-0.1, -0.05) is 36.8 Å². The fourth-order valence-corrected chi connectivity index (χ4v) is 3.58. The van der Waals surface area contributed by atoms with Gasteiger partial charge < -0.3 is 19.6 Å². The van der Waals surface area contributed by atoms with Gasteiger partial charge in [-0.15, -0.1) is 0 Å². The Morgan fingerprint density at radius 1 is 1.28 bits per heavy atom. The van der Waals surface area contributed by atoms with Crippen LogP contribution >= 0.6 is 0 Å². The number of hydrogen-bond donors (Lipinski definition) is 1. The molecular formula is C23H31N3O3. The third kappa shape index (κ3) is 4.77. The van der Waals surface area contributed by atoms with Crippen molar-refractivity contribution in [2.45, 2.75) is 32.9 Å². The monoisotopic (exact) mass is 397 g/mol. The Morgan fingerprint density at radius 3 is 2.59 bits per heavy atom. The van der Waals surface area contributed by atoms with E-state index < -0.39 is 0 Å². The Kier molecular flexibility index (Phi) is 6.55. The maximum atomic E-state index is 13.4. The van der Waals surface area contributed by atoms with Crippen LogP contribution < -0.4 is 4.74 Å². The van der Waals surface area contributed by atoms with Gasteiger partial charge in [0.1, 0.15) is 11.7 Å². The average Bonchev–Trinajstić information content (AvgIpc) is 2.70. The summed E-state index contributed by atoms with van der Waals surface area (Å²) in [6.07, 6.45) is 1.65. The maximum Gasteiger partial charge on any atom is 0.259 e. The Hall–Kier alpha value is -2.44. The summed E-state index contributed by atoms with van der Waals surface area (Å²) in [6.45, 7) is 7.14. The van der Waals surface area contributed by atoms with Crippen molar-refractivity contribution in [3.8, 4) is 17.0 Å². The summed E-state index contributed by atoms with van der Waals surface area (Å²) in [5, 5.41) is 9.72. The number of aryl methyl sites for hydroxylation is 1. The van der Waals surface area contributed by atoms with Gasteiger partial charge in [0.2, 0.25) is 5.88 Å². The summed E-state index contributed by atoms with van der Waals surface area (Å²) >= 11 is 0. The number of likely N-dealkylation sites (N-methyl/N-ethyl adjacent to an activating group) is 1. The van der Waals surface area contributed by atoms with E-state index in [1.807, 2.05) is 58.3 Å². The number of ether oxygens (including phenoxy) is 1. The molecule has 6 nitrogen and oxygen atoms in total. The number of hydrogen-bond acceptors (Lipinski definition) is 5. The second-order valence-corrected chi connectivity index (χ2v) is 8.33. The van der Waals surface area contributed by atoms with Crippen LogP contribution in [0.2, 0.25) is 0 Å². The lowest BCUT2D eigenvalue weighted by atomic mass is 9.99. The van der Waals surface area contributed by atoms with E-state index in [4.69, 9.17) is 4.74 Å². The lowest BCUT2D eigenvalue weighted by Crippen LogP contribution is -2.49. The Bertz CT molecular complexity index is 851. The molecule has 0 aliphatic carbocycles. The molecule has 1 aromatic heterocycles. The molecule has 0 saturated carbocycles. The molecule has 2 heterocycles. The molecule has 0 spiro atoms. The minimum Gasteiger partial charge on any atom is -0.472 e. The highest BCUT2D eigenvalue weighted by Gasteiger charge is 2.33. The van der Waals surface area contributed by atoms with Crippen molar-refractivity contribution in [2.75, 3.05) is 33.8 Å². The average molecular weight is 398 g/mol. The summed E-state index contributed by atoms with van der Waals surface area (Å²) in [5.41, 5.74) is 3.49. The Morgan fingerprint density at radius 2 is 1.97 bits per heavy atom. The van der Waals surface area contributed by atoms with Crippen molar-refractivity contribution >= 4 is 5.91 Å². The summed E-state index contributed by atoms with van der Waals surface area (Å²) in [6, 6.07) is 9.71. The first-order valence-corrected chi connectivity index (χ1v) is 10.1. The van der Waals surface area contributed by atoms with E-state index in [0.29, 0.717) is 18.0 Å². The Labute approximate surface area is 173 Å². The van der Waals surface area contributed by atoms with E-state index in [9.17, 15) is 9.90 Å². The number of rotatable bonds is 5. The van der Waals surface area contributed by atoms with Crippen LogP contribution in [0.5, 0.6) is 5.88 Å². The zero-order valence-corrected chi connectivity index (χ0v) is 17.9. The first kappa shape index (κ1) is 21.3. The van der Waals surface area contributed by atoms with Crippen LogP contribution in [0.1, 0.15) is 29.8 Å². The number of nitrogens with zero attached hydrogens (tertiary/aromatic N) is 3. The zero-order valence-electron chi connectivity index (χ0n) is 17.9. The van der Waals surface area contributed by atoms with E-state index in [0.717, 1.165) is 17.7 Å². The number of fused-ring (bicyclic) bond motifs is 1. The molecule has 0 unspecified atom stereocenters. The normalized spacial score (nSPS) is 20.7. The molecule has 1 N–H and O–H groups in total. The van der Waals surface area contributed by atoms with Crippen molar-refractivity contribution in [3.63, 3.8) is 0 Å². The van der Waals surface area contributed by atoms with Gasteiger partial charge >= 0.3 is 0 Å². The molecule has 156 valence electrons. The number of amides is 1. The van der Waals surface area contributed by atoms with Crippen molar-refractivity contribution in [2.24, 2.45) is 5.92 Å². The molecule has 1 amide bonds. The summed E-state index contributed by atoms with van der Waals surface area (Å²) < 4.78 is 6.24. The summed E-state index contributed by atoms with van der Waals surface area (Å²) in [4.78, 5) is 21.7. The zero-order chi connectivity index (χ0) is 21.1. The third-order valence-corrected chi connectivity index (χ3v) is 5.45. The molecule has 3 atom stereocenters. The van der Waals surface area contributed by atoms with Crippen LogP contribution in [-0.2, 0) is 0 Å².